The van der Waals surface area contributed by atoms with Crippen LogP contribution in [-0.2, 0) is 4.79 Å². The van der Waals surface area contributed by atoms with Crippen LogP contribution in [-0.4, -0.2) is 23.7 Å². The lowest BCUT2D eigenvalue weighted by atomic mass is 9.84. The highest BCUT2D eigenvalue weighted by Gasteiger charge is 2.19. The molecule has 1 saturated carbocycles. The Labute approximate surface area is 97.9 Å². The Morgan fingerprint density at radius 2 is 2.06 bits per heavy atom. The van der Waals surface area contributed by atoms with Crippen molar-refractivity contribution in [2.45, 2.75) is 52.0 Å². The van der Waals surface area contributed by atoms with Gasteiger partial charge in [-0.3, -0.25) is 0 Å². The van der Waals surface area contributed by atoms with Crippen molar-refractivity contribution >= 4 is 5.97 Å². The maximum Gasteiger partial charge on any atom is 0.328 e. The van der Waals surface area contributed by atoms with E-state index in [4.69, 9.17) is 5.11 Å². The molecular formula is C13H23NO2. The quantitative estimate of drug-likeness (QED) is 0.707. The lowest BCUT2D eigenvalue weighted by Crippen LogP contribution is -2.35. The van der Waals surface area contributed by atoms with Crippen LogP contribution < -0.4 is 5.32 Å². The average Bonchev–Trinajstić information content (AvgIpc) is 2.26. The third-order valence-electron chi connectivity index (χ3n) is 3.43. The second kappa shape index (κ2) is 6.69. The second-order valence-corrected chi connectivity index (χ2v) is 4.90. The summed E-state index contributed by atoms with van der Waals surface area (Å²) < 4.78 is 0. The Morgan fingerprint density at radius 1 is 1.44 bits per heavy atom. The minimum absolute atomic E-state index is 0.498. The van der Waals surface area contributed by atoms with Gasteiger partial charge in [0, 0.05) is 18.7 Å². The van der Waals surface area contributed by atoms with E-state index in [2.05, 4.69) is 12.2 Å². The van der Waals surface area contributed by atoms with Gasteiger partial charge < -0.3 is 10.4 Å². The topological polar surface area (TPSA) is 49.3 Å². The summed E-state index contributed by atoms with van der Waals surface area (Å²) in [6.45, 7) is 4.75. The van der Waals surface area contributed by atoms with Gasteiger partial charge in [-0.05, 0) is 32.6 Å². The summed E-state index contributed by atoms with van der Waals surface area (Å²) in [4.78, 5) is 10.5. The van der Waals surface area contributed by atoms with E-state index < -0.39 is 5.97 Å². The van der Waals surface area contributed by atoms with E-state index in [1.54, 1.807) is 0 Å². The van der Waals surface area contributed by atoms with Gasteiger partial charge in [-0.2, -0.15) is 0 Å². The fourth-order valence-electron chi connectivity index (χ4n) is 2.38. The molecule has 0 heterocycles. The molecule has 92 valence electrons. The summed E-state index contributed by atoms with van der Waals surface area (Å²) in [5, 5.41) is 12.0. The molecule has 0 aromatic rings. The van der Waals surface area contributed by atoms with Crippen LogP contribution in [0.25, 0.3) is 0 Å². The molecule has 0 aromatic carbocycles. The Bertz CT molecular complexity index is 255. The van der Waals surface area contributed by atoms with Gasteiger partial charge in [0.05, 0.1) is 0 Å². The highest BCUT2D eigenvalue weighted by Crippen LogP contribution is 2.26. The highest BCUT2D eigenvalue weighted by atomic mass is 16.4. The van der Waals surface area contributed by atoms with Crippen LogP contribution in [0.5, 0.6) is 0 Å². The summed E-state index contributed by atoms with van der Waals surface area (Å²) in [6, 6.07) is 0.498. The lowest BCUT2D eigenvalue weighted by Gasteiger charge is -2.28. The largest absolute Gasteiger partial charge is 0.478 e. The van der Waals surface area contributed by atoms with Gasteiger partial charge in [0.1, 0.15) is 0 Å². The van der Waals surface area contributed by atoms with Crippen molar-refractivity contribution in [1.29, 1.82) is 0 Å². The molecule has 0 aromatic heterocycles. The van der Waals surface area contributed by atoms with Crippen molar-refractivity contribution in [3.8, 4) is 0 Å². The molecule has 3 heteroatoms. The maximum atomic E-state index is 10.5. The zero-order valence-corrected chi connectivity index (χ0v) is 10.3. The molecule has 3 nitrogen and oxygen atoms in total. The first-order chi connectivity index (χ1) is 7.59. The number of hydrogen-bond donors (Lipinski definition) is 2. The van der Waals surface area contributed by atoms with E-state index in [0.717, 1.165) is 11.5 Å². The molecular weight excluding hydrogens is 202 g/mol. The Balaban J connectivity index is 2.28. The van der Waals surface area contributed by atoms with E-state index in [1.807, 2.05) is 6.92 Å². The first-order valence-electron chi connectivity index (χ1n) is 6.23. The van der Waals surface area contributed by atoms with Gasteiger partial charge in [-0.15, -0.1) is 0 Å². The number of carbonyl (C=O) groups is 1. The number of hydrogen-bond acceptors (Lipinski definition) is 2. The van der Waals surface area contributed by atoms with Gasteiger partial charge in [0.25, 0.3) is 0 Å². The zero-order chi connectivity index (χ0) is 12.0. The van der Waals surface area contributed by atoms with Crippen LogP contribution in [0.2, 0.25) is 0 Å². The predicted octanol–water partition coefficient (Wildman–Crippen LogP) is 2.58. The normalized spacial score (nSPS) is 20.8. The van der Waals surface area contributed by atoms with E-state index in [9.17, 15) is 4.79 Å². The molecule has 1 fully saturated rings. The first-order valence-corrected chi connectivity index (χ1v) is 6.23. The minimum Gasteiger partial charge on any atom is -0.478 e. The molecule has 1 aliphatic rings. The Morgan fingerprint density at radius 3 is 2.62 bits per heavy atom. The summed E-state index contributed by atoms with van der Waals surface area (Å²) in [7, 11) is 0. The van der Waals surface area contributed by atoms with E-state index in [-0.39, 0.29) is 0 Å². The van der Waals surface area contributed by atoms with Crippen LogP contribution >= 0.6 is 0 Å². The third-order valence-corrected chi connectivity index (χ3v) is 3.43. The van der Waals surface area contributed by atoms with Crippen molar-refractivity contribution in [2.75, 3.05) is 6.54 Å². The number of rotatable bonds is 5. The molecule has 0 unspecified atom stereocenters. The molecule has 0 radical (unpaired) electrons. The van der Waals surface area contributed by atoms with Crippen LogP contribution in [0.4, 0.5) is 0 Å². The predicted molar refractivity (Wildman–Crippen MR) is 65.4 cm³/mol. The first kappa shape index (κ1) is 13.2. The fraction of sp³-hybridized carbons (Fsp3) is 0.769. The van der Waals surface area contributed by atoms with Crippen molar-refractivity contribution < 1.29 is 9.90 Å². The van der Waals surface area contributed by atoms with Gasteiger partial charge >= 0.3 is 5.97 Å². The fourth-order valence-corrected chi connectivity index (χ4v) is 2.38. The molecule has 1 rings (SSSR count). The van der Waals surface area contributed by atoms with Crippen molar-refractivity contribution in [1.82, 2.24) is 5.32 Å². The molecule has 0 spiro atoms. The summed E-state index contributed by atoms with van der Waals surface area (Å²) in [5.74, 6) is -0.0870. The molecule has 0 aliphatic heterocycles. The van der Waals surface area contributed by atoms with Crippen molar-refractivity contribution in [2.24, 2.45) is 5.92 Å². The van der Waals surface area contributed by atoms with Crippen molar-refractivity contribution in [3.05, 3.63) is 11.6 Å². The molecule has 16 heavy (non-hydrogen) atoms. The minimum atomic E-state index is -0.857. The van der Waals surface area contributed by atoms with Gasteiger partial charge in [-0.25, -0.2) is 4.79 Å². The second-order valence-electron chi connectivity index (χ2n) is 4.90. The van der Waals surface area contributed by atoms with Crippen LogP contribution in [0.3, 0.4) is 0 Å². The average molecular weight is 225 g/mol. The van der Waals surface area contributed by atoms with Crippen molar-refractivity contribution in [3.63, 3.8) is 0 Å². The molecule has 0 bridgehead atoms. The molecule has 1 aliphatic carbocycles. The Hall–Kier alpha value is -0.830. The van der Waals surface area contributed by atoms with Crippen LogP contribution in [0.15, 0.2) is 11.6 Å². The van der Waals surface area contributed by atoms with Crippen LogP contribution in [0, 0.1) is 5.92 Å². The Kier molecular flexibility index (Phi) is 5.53. The van der Waals surface area contributed by atoms with Gasteiger partial charge in [0.2, 0.25) is 0 Å². The number of nitrogens with one attached hydrogen (secondary N) is 1. The molecule has 0 saturated heterocycles. The molecule has 1 atom stereocenters. The van der Waals surface area contributed by atoms with E-state index in [0.29, 0.717) is 12.6 Å². The van der Waals surface area contributed by atoms with Gasteiger partial charge in [0.15, 0.2) is 0 Å². The standard InChI is InChI=1S/C13H23NO2/c1-10(8-13(15)16)9-14-11(2)12-6-4-3-5-7-12/h8,11-12,14H,3-7,9H2,1-2H3,(H,15,16)/t11-/m0/s1. The number of carboxylic acid groups (broad SMARTS) is 1. The number of carboxylic acids is 1. The zero-order valence-electron chi connectivity index (χ0n) is 10.3. The summed E-state index contributed by atoms with van der Waals surface area (Å²) in [6.07, 6.45) is 7.98. The monoisotopic (exact) mass is 225 g/mol. The SMILES string of the molecule is CC(=CC(=O)O)CN[C@@H](C)C1CCCCC1. The smallest absolute Gasteiger partial charge is 0.328 e. The third kappa shape index (κ3) is 4.79. The molecule has 2 N–H and O–H groups in total. The highest BCUT2D eigenvalue weighted by molar-refractivity contribution is 5.80. The van der Waals surface area contributed by atoms with E-state index >= 15 is 0 Å². The van der Waals surface area contributed by atoms with Gasteiger partial charge in [-0.1, -0.05) is 24.8 Å². The molecule has 0 amide bonds. The summed E-state index contributed by atoms with van der Waals surface area (Å²) >= 11 is 0. The lowest BCUT2D eigenvalue weighted by molar-refractivity contribution is -0.131. The van der Waals surface area contributed by atoms with Crippen LogP contribution in [0.1, 0.15) is 46.0 Å². The number of aliphatic carboxylic acids is 1. The van der Waals surface area contributed by atoms with E-state index in [1.165, 1.54) is 38.2 Å². The summed E-state index contributed by atoms with van der Waals surface area (Å²) in [5.41, 5.74) is 0.884. The maximum absolute atomic E-state index is 10.5.